The van der Waals surface area contributed by atoms with Crippen LogP contribution in [0.4, 0.5) is 8.78 Å². The van der Waals surface area contributed by atoms with Crippen LogP contribution in [0, 0.1) is 18.6 Å². The summed E-state index contributed by atoms with van der Waals surface area (Å²) in [5.74, 6) is -0.316. The Morgan fingerprint density at radius 1 is 1.25 bits per heavy atom. The molecule has 0 radical (unpaired) electrons. The van der Waals surface area contributed by atoms with Crippen molar-refractivity contribution in [2.45, 2.75) is 17.6 Å². The van der Waals surface area contributed by atoms with Gasteiger partial charge in [-0.25, -0.2) is 8.78 Å². The van der Waals surface area contributed by atoms with E-state index in [1.54, 1.807) is 6.92 Å². The van der Waals surface area contributed by atoms with E-state index < -0.39 is 11.6 Å². The number of nitrogens with zero attached hydrogens (tertiary/aromatic N) is 2. The van der Waals surface area contributed by atoms with Gasteiger partial charge in [0.15, 0.2) is 11.6 Å². The van der Waals surface area contributed by atoms with Gasteiger partial charge >= 0.3 is 0 Å². The highest BCUT2D eigenvalue weighted by atomic mass is 32.2. The summed E-state index contributed by atoms with van der Waals surface area (Å²) in [4.78, 5) is 0.620. The third-order valence-corrected chi connectivity index (χ3v) is 2.80. The summed E-state index contributed by atoms with van der Waals surface area (Å²) in [6.07, 6.45) is 0. The molecule has 0 spiro atoms. The largest absolute Gasteiger partial charge is 0.425 e. The molecule has 1 aromatic heterocycles. The van der Waals surface area contributed by atoms with Crippen molar-refractivity contribution in [1.29, 1.82) is 0 Å². The van der Waals surface area contributed by atoms with Crippen LogP contribution in [0.2, 0.25) is 0 Å². The summed E-state index contributed by atoms with van der Waals surface area (Å²) in [6, 6.07) is 3.74. The summed E-state index contributed by atoms with van der Waals surface area (Å²) in [7, 11) is 0. The second kappa shape index (κ2) is 4.61. The zero-order valence-corrected chi connectivity index (χ0v) is 9.22. The van der Waals surface area contributed by atoms with Crippen LogP contribution >= 0.6 is 11.8 Å². The molecule has 1 heterocycles. The van der Waals surface area contributed by atoms with Crippen molar-refractivity contribution in [2.75, 3.05) is 0 Å². The van der Waals surface area contributed by atoms with Crippen LogP contribution in [-0.4, -0.2) is 10.2 Å². The normalized spacial score (nSPS) is 10.7. The molecule has 0 fully saturated rings. The number of hydrogen-bond donors (Lipinski definition) is 0. The Labute approximate surface area is 94.9 Å². The highest BCUT2D eigenvalue weighted by Gasteiger charge is 2.06. The molecular weight excluding hydrogens is 234 g/mol. The van der Waals surface area contributed by atoms with E-state index in [0.717, 1.165) is 12.1 Å². The van der Waals surface area contributed by atoms with E-state index in [2.05, 4.69) is 10.2 Å². The molecule has 3 nitrogen and oxygen atoms in total. The number of aryl methyl sites for hydroxylation is 1. The summed E-state index contributed by atoms with van der Waals surface area (Å²) in [6.45, 7) is 1.69. The number of thioether (sulfide) groups is 1. The fourth-order valence-corrected chi connectivity index (χ4v) is 1.87. The van der Waals surface area contributed by atoms with Gasteiger partial charge in [-0.2, -0.15) is 0 Å². The lowest BCUT2D eigenvalue weighted by Gasteiger charge is -1.99. The first-order valence-electron chi connectivity index (χ1n) is 4.52. The molecular formula is C10H8F2N2OS. The molecule has 0 saturated heterocycles. The van der Waals surface area contributed by atoms with Gasteiger partial charge in [-0.3, -0.25) is 0 Å². The predicted molar refractivity (Wildman–Crippen MR) is 55.0 cm³/mol. The van der Waals surface area contributed by atoms with Crippen molar-refractivity contribution in [1.82, 2.24) is 10.2 Å². The number of aromatic nitrogens is 2. The smallest absolute Gasteiger partial charge is 0.226 e. The first kappa shape index (κ1) is 11.1. The topological polar surface area (TPSA) is 38.9 Å². The van der Waals surface area contributed by atoms with E-state index >= 15 is 0 Å². The first-order valence-corrected chi connectivity index (χ1v) is 5.50. The lowest BCUT2D eigenvalue weighted by atomic mass is 10.3. The molecule has 2 rings (SSSR count). The molecule has 0 N–H and O–H groups in total. The molecule has 0 aliphatic carbocycles. The zero-order chi connectivity index (χ0) is 11.5. The van der Waals surface area contributed by atoms with Gasteiger partial charge in [0.25, 0.3) is 0 Å². The summed E-state index contributed by atoms with van der Waals surface area (Å²) in [5, 5.41) is 7.46. The Hall–Kier alpha value is -1.43. The summed E-state index contributed by atoms with van der Waals surface area (Å²) < 4.78 is 30.7. The Balaban J connectivity index is 2.02. The average molecular weight is 242 g/mol. The van der Waals surface area contributed by atoms with Crippen molar-refractivity contribution in [3.8, 4) is 0 Å². The van der Waals surface area contributed by atoms with Crippen molar-refractivity contribution in [3.05, 3.63) is 41.6 Å². The average Bonchev–Trinajstić information content (AvgIpc) is 2.66. The van der Waals surface area contributed by atoms with Crippen LogP contribution in [0.25, 0.3) is 0 Å². The lowest BCUT2D eigenvalue weighted by molar-refractivity contribution is 0.485. The number of benzene rings is 1. The second-order valence-electron chi connectivity index (χ2n) is 3.08. The zero-order valence-electron chi connectivity index (χ0n) is 8.41. The molecule has 6 heteroatoms. The molecule has 0 unspecified atom stereocenters. The molecule has 0 aliphatic rings. The van der Waals surface area contributed by atoms with Gasteiger partial charge in [0.05, 0.1) is 5.75 Å². The molecule has 16 heavy (non-hydrogen) atoms. The summed E-state index contributed by atoms with van der Waals surface area (Å²) in [5.41, 5.74) is 0. The van der Waals surface area contributed by atoms with E-state index in [4.69, 9.17) is 4.42 Å². The monoisotopic (exact) mass is 242 g/mol. The predicted octanol–water partition coefficient (Wildman–Crippen LogP) is 2.95. The minimum atomic E-state index is -0.855. The van der Waals surface area contributed by atoms with Gasteiger partial charge in [0, 0.05) is 11.8 Å². The molecule has 0 atom stereocenters. The third kappa shape index (κ3) is 2.57. The van der Waals surface area contributed by atoms with Crippen LogP contribution in [0.5, 0.6) is 0 Å². The SMILES string of the molecule is Cc1nnc(CSc2ccc(F)c(F)c2)o1. The van der Waals surface area contributed by atoms with Gasteiger partial charge in [-0.05, 0) is 18.2 Å². The standard InChI is InChI=1S/C10H8F2N2OS/c1-6-13-14-10(15-6)5-16-7-2-3-8(11)9(12)4-7/h2-4H,5H2,1H3. The summed E-state index contributed by atoms with van der Waals surface area (Å²) >= 11 is 1.31. The fraction of sp³-hybridized carbons (Fsp3) is 0.200. The maximum absolute atomic E-state index is 12.9. The number of hydrogen-bond acceptors (Lipinski definition) is 4. The van der Waals surface area contributed by atoms with E-state index in [0.29, 0.717) is 22.4 Å². The van der Waals surface area contributed by atoms with E-state index in [-0.39, 0.29) is 0 Å². The Bertz CT molecular complexity index is 501. The molecule has 0 saturated carbocycles. The van der Waals surface area contributed by atoms with Crippen LogP contribution in [0.3, 0.4) is 0 Å². The molecule has 0 aliphatic heterocycles. The maximum Gasteiger partial charge on any atom is 0.226 e. The van der Waals surface area contributed by atoms with Crippen molar-refractivity contribution in [3.63, 3.8) is 0 Å². The minimum Gasteiger partial charge on any atom is -0.425 e. The Morgan fingerprint density at radius 2 is 2.06 bits per heavy atom. The Kier molecular flexibility index (Phi) is 3.19. The number of rotatable bonds is 3. The number of halogens is 2. The van der Waals surface area contributed by atoms with Gasteiger partial charge in [0.2, 0.25) is 11.8 Å². The third-order valence-electron chi connectivity index (χ3n) is 1.82. The van der Waals surface area contributed by atoms with Gasteiger partial charge in [-0.1, -0.05) is 0 Å². The molecule has 0 amide bonds. The molecule has 0 bridgehead atoms. The van der Waals surface area contributed by atoms with Gasteiger partial charge in [0.1, 0.15) is 0 Å². The highest BCUT2D eigenvalue weighted by molar-refractivity contribution is 7.98. The Morgan fingerprint density at radius 3 is 2.69 bits per heavy atom. The van der Waals surface area contributed by atoms with Crippen molar-refractivity contribution in [2.24, 2.45) is 0 Å². The van der Waals surface area contributed by atoms with Crippen LogP contribution in [-0.2, 0) is 5.75 Å². The van der Waals surface area contributed by atoms with Gasteiger partial charge < -0.3 is 4.42 Å². The molecule has 2 aromatic rings. The van der Waals surface area contributed by atoms with E-state index in [9.17, 15) is 8.78 Å². The van der Waals surface area contributed by atoms with Crippen molar-refractivity contribution >= 4 is 11.8 Å². The van der Waals surface area contributed by atoms with Crippen LogP contribution < -0.4 is 0 Å². The van der Waals surface area contributed by atoms with E-state index in [1.807, 2.05) is 0 Å². The minimum absolute atomic E-state index is 0.436. The van der Waals surface area contributed by atoms with Crippen molar-refractivity contribution < 1.29 is 13.2 Å². The van der Waals surface area contributed by atoms with Crippen LogP contribution in [0.15, 0.2) is 27.5 Å². The highest BCUT2D eigenvalue weighted by Crippen LogP contribution is 2.23. The quantitative estimate of drug-likeness (QED) is 0.776. The second-order valence-corrected chi connectivity index (χ2v) is 4.13. The van der Waals surface area contributed by atoms with E-state index in [1.165, 1.54) is 17.8 Å². The maximum atomic E-state index is 12.9. The fourth-order valence-electron chi connectivity index (χ4n) is 1.11. The lowest BCUT2D eigenvalue weighted by Crippen LogP contribution is -1.85. The first-order chi connectivity index (χ1) is 7.65. The van der Waals surface area contributed by atoms with Gasteiger partial charge in [-0.15, -0.1) is 22.0 Å². The molecule has 1 aromatic carbocycles. The molecule has 84 valence electrons. The van der Waals surface area contributed by atoms with Crippen LogP contribution in [0.1, 0.15) is 11.8 Å².